The molecule has 0 aromatic heterocycles. The molecule has 0 saturated carbocycles. The van der Waals surface area contributed by atoms with Crippen LogP contribution < -0.4 is 10.2 Å². The van der Waals surface area contributed by atoms with Crippen molar-refractivity contribution in [1.82, 2.24) is 4.90 Å². The Bertz CT molecular complexity index is 811. The summed E-state index contributed by atoms with van der Waals surface area (Å²) in [6.07, 6.45) is 7.75. The van der Waals surface area contributed by atoms with Gasteiger partial charge in [-0.25, -0.2) is 0 Å². The highest BCUT2D eigenvalue weighted by Gasteiger charge is 2.18. The van der Waals surface area contributed by atoms with E-state index in [1.165, 1.54) is 56.3 Å². The van der Waals surface area contributed by atoms with Gasteiger partial charge in [-0.15, -0.1) is 0 Å². The zero-order valence-electron chi connectivity index (χ0n) is 17.6. The van der Waals surface area contributed by atoms with E-state index in [2.05, 4.69) is 46.3 Å². The van der Waals surface area contributed by atoms with Crippen LogP contribution in [-0.4, -0.2) is 36.5 Å². The first-order valence-electron chi connectivity index (χ1n) is 11.2. The maximum absolute atomic E-state index is 12.7. The van der Waals surface area contributed by atoms with Crippen LogP contribution in [0.1, 0.15) is 61.4 Å². The highest BCUT2D eigenvalue weighted by Crippen LogP contribution is 2.22. The molecule has 2 aliphatic rings. The second kappa shape index (κ2) is 9.45. The highest BCUT2D eigenvalue weighted by molar-refractivity contribution is 6.04. The summed E-state index contributed by atoms with van der Waals surface area (Å²) in [4.78, 5) is 17.7. The Labute approximate surface area is 174 Å². The van der Waals surface area contributed by atoms with Crippen LogP contribution in [0.3, 0.4) is 0 Å². The zero-order chi connectivity index (χ0) is 20.1. The number of piperidine rings is 2. The van der Waals surface area contributed by atoms with E-state index in [-0.39, 0.29) is 5.91 Å². The summed E-state index contributed by atoms with van der Waals surface area (Å²) in [7, 11) is 0. The van der Waals surface area contributed by atoms with E-state index >= 15 is 0 Å². The SMILES string of the molecule is C[C@@H]1CCCCN1Cc1cccc(NC(=O)c2ccc(N3CCCCC3)cc2)c1. The molecule has 0 aliphatic carbocycles. The van der Waals surface area contributed by atoms with E-state index in [0.717, 1.165) is 25.3 Å². The minimum absolute atomic E-state index is 0.0429. The first-order valence-corrected chi connectivity index (χ1v) is 11.2. The molecule has 4 heteroatoms. The largest absolute Gasteiger partial charge is 0.372 e. The molecule has 1 amide bonds. The Morgan fingerprint density at radius 3 is 2.48 bits per heavy atom. The first kappa shape index (κ1) is 20.0. The van der Waals surface area contributed by atoms with Crippen molar-refractivity contribution in [3.8, 4) is 0 Å². The fraction of sp³-hybridized carbons (Fsp3) is 0.480. The van der Waals surface area contributed by atoms with Gasteiger partial charge in [-0.1, -0.05) is 18.6 Å². The number of nitrogens with one attached hydrogen (secondary N) is 1. The monoisotopic (exact) mass is 391 g/mol. The number of amides is 1. The summed E-state index contributed by atoms with van der Waals surface area (Å²) in [5.74, 6) is -0.0429. The lowest BCUT2D eigenvalue weighted by atomic mass is 10.0. The van der Waals surface area contributed by atoms with Crippen LogP contribution in [0.5, 0.6) is 0 Å². The van der Waals surface area contributed by atoms with Crippen molar-refractivity contribution in [2.24, 2.45) is 0 Å². The van der Waals surface area contributed by atoms with Crippen molar-refractivity contribution in [2.45, 2.75) is 58.0 Å². The van der Waals surface area contributed by atoms with Crippen molar-refractivity contribution < 1.29 is 4.79 Å². The molecule has 2 fully saturated rings. The standard InChI is InChI=1S/C25H33N3O/c1-20-8-3-6-17-28(20)19-21-9-7-10-23(18-21)26-25(29)22-11-13-24(14-12-22)27-15-4-2-5-16-27/h7,9-14,18,20H,2-6,8,15-17,19H2,1H3,(H,26,29)/t20-/m1/s1. The van der Waals surface area contributed by atoms with Crippen LogP contribution in [0, 0.1) is 0 Å². The van der Waals surface area contributed by atoms with Gasteiger partial charge in [-0.05, 0) is 87.5 Å². The summed E-state index contributed by atoms with van der Waals surface area (Å²) < 4.78 is 0. The number of nitrogens with zero attached hydrogens (tertiary/aromatic N) is 2. The fourth-order valence-corrected chi connectivity index (χ4v) is 4.55. The Kier molecular flexibility index (Phi) is 6.50. The number of anilines is 2. The van der Waals surface area contributed by atoms with Gasteiger partial charge in [0.1, 0.15) is 0 Å². The Morgan fingerprint density at radius 1 is 0.966 bits per heavy atom. The lowest BCUT2D eigenvalue weighted by Gasteiger charge is -2.33. The van der Waals surface area contributed by atoms with Gasteiger partial charge in [0.2, 0.25) is 0 Å². The number of carbonyl (C=O) groups excluding carboxylic acids is 1. The first-order chi connectivity index (χ1) is 14.2. The molecule has 0 spiro atoms. The van der Waals surface area contributed by atoms with Crippen molar-refractivity contribution in [1.29, 1.82) is 0 Å². The van der Waals surface area contributed by atoms with Gasteiger partial charge in [0, 0.05) is 42.6 Å². The van der Waals surface area contributed by atoms with Crippen molar-refractivity contribution in [2.75, 3.05) is 29.9 Å². The van der Waals surface area contributed by atoms with Gasteiger partial charge >= 0.3 is 0 Å². The minimum atomic E-state index is -0.0429. The maximum atomic E-state index is 12.7. The minimum Gasteiger partial charge on any atom is -0.372 e. The molecule has 1 atom stereocenters. The van der Waals surface area contributed by atoms with Gasteiger partial charge in [-0.2, -0.15) is 0 Å². The van der Waals surface area contributed by atoms with E-state index in [1.54, 1.807) is 0 Å². The predicted molar refractivity (Wildman–Crippen MR) is 121 cm³/mol. The fourth-order valence-electron chi connectivity index (χ4n) is 4.55. The van der Waals surface area contributed by atoms with Crippen LogP contribution in [0.2, 0.25) is 0 Å². The second-order valence-corrected chi connectivity index (χ2v) is 8.56. The van der Waals surface area contributed by atoms with Crippen molar-refractivity contribution in [3.63, 3.8) is 0 Å². The van der Waals surface area contributed by atoms with E-state index < -0.39 is 0 Å². The Balaban J connectivity index is 1.37. The lowest BCUT2D eigenvalue weighted by molar-refractivity contribution is 0.102. The van der Waals surface area contributed by atoms with E-state index in [9.17, 15) is 4.79 Å². The molecular weight excluding hydrogens is 358 g/mol. The molecule has 4 nitrogen and oxygen atoms in total. The third kappa shape index (κ3) is 5.18. The maximum Gasteiger partial charge on any atom is 0.255 e. The molecule has 154 valence electrons. The molecule has 2 aromatic rings. The van der Waals surface area contributed by atoms with Crippen LogP contribution in [0.25, 0.3) is 0 Å². The third-order valence-corrected chi connectivity index (χ3v) is 6.36. The Morgan fingerprint density at radius 2 is 1.72 bits per heavy atom. The zero-order valence-corrected chi connectivity index (χ0v) is 17.6. The van der Waals surface area contributed by atoms with E-state index in [0.29, 0.717) is 11.6 Å². The van der Waals surface area contributed by atoms with Gasteiger partial charge < -0.3 is 10.2 Å². The summed E-state index contributed by atoms with van der Waals surface area (Å²) in [5.41, 5.74) is 4.06. The number of hydrogen-bond acceptors (Lipinski definition) is 3. The molecule has 4 rings (SSSR count). The topological polar surface area (TPSA) is 35.6 Å². The van der Waals surface area contributed by atoms with Gasteiger partial charge in [0.25, 0.3) is 5.91 Å². The van der Waals surface area contributed by atoms with Crippen molar-refractivity contribution >= 4 is 17.3 Å². The molecule has 29 heavy (non-hydrogen) atoms. The third-order valence-electron chi connectivity index (χ3n) is 6.36. The Hall–Kier alpha value is -2.33. The number of rotatable bonds is 5. The van der Waals surface area contributed by atoms with Gasteiger partial charge in [-0.3, -0.25) is 9.69 Å². The molecular formula is C25H33N3O. The number of benzene rings is 2. The summed E-state index contributed by atoms with van der Waals surface area (Å²) >= 11 is 0. The smallest absolute Gasteiger partial charge is 0.255 e. The molecule has 2 aliphatic heterocycles. The van der Waals surface area contributed by atoms with Crippen LogP contribution in [-0.2, 0) is 6.54 Å². The normalized spacial score (nSPS) is 20.4. The number of likely N-dealkylation sites (tertiary alicyclic amines) is 1. The lowest BCUT2D eigenvalue weighted by Crippen LogP contribution is -2.36. The van der Waals surface area contributed by atoms with Gasteiger partial charge in [0.15, 0.2) is 0 Å². The van der Waals surface area contributed by atoms with Crippen LogP contribution >= 0.6 is 0 Å². The number of hydrogen-bond donors (Lipinski definition) is 1. The number of carbonyl (C=O) groups is 1. The molecule has 2 heterocycles. The average Bonchev–Trinajstić information content (AvgIpc) is 2.76. The van der Waals surface area contributed by atoms with E-state index in [4.69, 9.17) is 0 Å². The molecule has 2 saturated heterocycles. The molecule has 1 N–H and O–H groups in total. The average molecular weight is 392 g/mol. The summed E-state index contributed by atoms with van der Waals surface area (Å²) in [6.45, 7) is 6.68. The molecule has 0 bridgehead atoms. The predicted octanol–water partition coefficient (Wildman–Crippen LogP) is 5.30. The van der Waals surface area contributed by atoms with Crippen molar-refractivity contribution in [3.05, 3.63) is 59.7 Å². The summed E-state index contributed by atoms with van der Waals surface area (Å²) in [6, 6.07) is 17.0. The molecule has 0 unspecified atom stereocenters. The van der Waals surface area contributed by atoms with E-state index in [1.807, 2.05) is 24.3 Å². The van der Waals surface area contributed by atoms with Gasteiger partial charge in [0.05, 0.1) is 0 Å². The molecule has 0 radical (unpaired) electrons. The highest BCUT2D eigenvalue weighted by atomic mass is 16.1. The van der Waals surface area contributed by atoms with Crippen LogP contribution in [0.15, 0.2) is 48.5 Å². The quantitative estimate of drug-likeness (QED) is 0.751. The second-order valence-electron chi connectivity index (χ2n) is 8.56. The van der Waals surface area contributed by atoms with Crippen LogP contribution in [0.4, 0.5) is 11.4 Å². The molecule has 2 aromatic carbocycles. The summed E-state index contributed by atoms with van der Waals surface area (Å²) in [5, 5.41) is 3.08.